The maximum Gasteiger partial charge on any atom is 0.00696 e. The fourth-order valence-corrected chi connectivity index (χ4v) is 3.11. The average molecular weight is 197 g/mol. The van der Waals surface area contributed by atoms with Crippen molar-refractivity contribution in [1.29, 1.82) is 0 Å². The Morgan fingerprint density at radius 2 is 1.64 bits per heavy atom. The number of hydrogen-bond acceptors (Lipinski definition) is 1. The molecule has 1 fully saturated rings. The molecule has 0 aliphatic heterocycles. The highest BCUT2D eigenvalue weighted by atomic mass is 14.9. The molecule has 1 N–H and O–H groups in total. The van der Waals surface area contributed by atoms with Crippen molar-refractivity contribution in [2.24, 2.45) is 17.8 Å². The third kappa shape index (κ3) is 2.98. The Morgan fingerprint density at radius 3 is 2.14 bits per heavy atom. The van der Waals surface area contributed by atoms with Crippen LogP contribution in [0.2, 0.25) is 0 Å². The van der Waals surface area contributed by atoms with Crippen LogP contribution in [0.5, 0.6) is 0 Å². The first kappa shape index (κ1) is 12.0. The normalized spacial score (nSPS) is 30.6. The molecule has 0 amide bonds. The molecule has 14 heavy (non-hydrogen) atoms. The van der Waals surface area contributed by atoms with Crippen molar-refractivity contribution in [3.63, 3.8) is 0 Å². The van der Waals surface area contributed by atoms with Crippen molar-refractivity contribution in [2.45, 2.75) is 59.4 Å². The molecule has 0 saturated heterocycles. The summed E-state index contributed by atoms with van der Waals surface area (Å²) in [6, 6.07) is 0.715. The Hall–Kier alpha value is -0.0400. The lowest BCUT2D eigenvalue weighted by atomic mass is 9.71. The average Bonchev–Trinajstić information content (AvgIpc) is 2.18. The van der Waals surface area contributed by atoms with Crippen LogP contribution in [-0.4, -0.2) is 12.6 Å². The van der Waals surface area contributed by atoms with Gasteiger partial charge < -0.3 is 5.32 Å². The summed E-state index contributed by atoms with van der Waals surface area (Å²) >= 11 is 0. The highest BCUT2D eigenvalue weighted by Gasteiger charge is 2.30. The minimum atomic E-state index is 0.715. The van der Waals surface area contributed by atoms with Crippen molar-refractivity contribution in [2.75, 3.05) is 6.54 Å². The lowest BCUT2D eigenvalue weighted by Crippen LogP contribution is -2.40. The molecule has 0 aromatic rings. The summed E-state index contributed by atoms with van der Waals surface area (Å²) in [5, 5.41) is 3.60. The Bertz CT molecular complexity index is 153. The lowest BCUT2D eigenvalue weighted by molar-refractivity contribution is 0.145. The van der Waals surface area contributed by atoms with E-state index in [9.17, 15) is 0 Å². The van der Waals surface area contributed by atoms with Gasteiger partial charge in [0.1, 0.15) is 0 Å². The summed E-state index contributed by atoms with van der Waals surface area (Å²) in [6.45, 7) is 10.5. The summed E-state index contributed by atoms with van der Waals surface area (Å²) in [5.74, 6) is 2.74. The summed E-state index contributed by atoms with van der Waals surface area (Å²) in [7, 11) is 0. The van der Waals surface area contributed by atoms with Gasteiger partial charge in [-0.3, -0.25) is 0 Å². The molecule has 1 nitrogen and oxygen atoms in total. The van der Waals surface area contributed by atoms with E-state index in [1.165, 1.54) is 25.7 Å². The van der Waals surface area contributed by atoms with Gasteiger partial charge in [-0.1, -0.05) is 33.6 Å². The molecule has 0 bridgehead atoms. The highest BCUT2D eigenvalue weighted by Crippen LogP contribution is 2.36. The Kier molecular flexibility index (Phi) is 4.94. The standard InChI is InChI=1S/C13H27N/c1-5-14-11(4)13-9-7-6-8-12(13)10(2)3/h10-14H,5-9H2,1-4H3. The molecular weight excluding hydrogens is 170 g/mol. The van der Waals surface area contributed by atoms with E-state index in [4.69, 9.17) is 0 Å². The summed E-state index contributed by atoms with van der Waals surface area (Å²) < 4.78 is 0. The maximum atomic E-state index is 3.60. The largest absolute Gasteiger partial charge is 0.314 e. The minimum Gasteiger partial charge on any atom is -0.314 e. The van der Waals surface area contributed by atoms with E-state index in [2.05, 4.69) is 33.0 Å². The molecule has 0 aromatic heterocycles. The van der Waals surface area contributed by atoms with Crippen molar-refractivity contribution >= 4 is 0 Å². The van der Waals surface area contributed by atoms with Gasteiger partial charge in [-0.05, 0) is 44.1 Å². The Balaban J connectivity index is 2.53. The van der Waals surface area contributed by atoms with Crippen LogP contribution in [-0.2, 0) is 0 Å². The monoisotopic (exact) mass is 197 g/mol. The summed E-state index contributed by atoms with van der Waals surface area (Å²) in [6.07, 6.45) is 5.80. The zero-order valence-corrected chi connectivity index (χ0v) is 10.3. The summed E-state index contributed by atoms with van der Waals surface area (Å²) in [4.78, 5) is 0. The van der Waals surface area contributed by atoms with Crippen LogP contribution >= 0.6 is 0 Å². The molecule has 0 heterocycles. The molecule has 3 unspecified atom stereocenters. The van der Waals surface area contributed by atoms with Gasteiger partial charge in [0, 0.05) is 6.04 Å². The third-order valence-electron chi connectivity index (χ3n) is 3.90. The van der Waals surface area contributed by atoms with E-state index >= 15 is 0 Å². The van der Waals surface area contributed by atoms with Crippen LogP contribution in [0.3, 0.4) is 0 Å². The molecule has 84 valence electrons. The van der Waals surface area contributed by atoms with E-state index < -0.39 is 0 Å². The van der Waals surface area contributed by atoms with Crippen molar-refractivity contribution in [3.05, 3.63) is 0 Å². The van der Waals surface area contributed by atoms with E-state index in [1.807, 2.05) is 0 Å². The Labute approximate surface area is 89.7 Å². The predicted octanol–water partition coefficient (Wildman–Crippen LogP) is 3.45. The van der Waals surface area contributed by atoms with Crippen molar-refractivity contribution < 1.29 is 0 Å². The molecule has 1 heteroatoms. The molecule has 0 radical (unpaired) electrons. The zero-order chi connectivity index (χ0) is 10.6. The van der Waals surface area contributed by atoms with Gasteiger partial charge >= 0.3 is 0 Å². The fraction of sp³-hybridized carbons (Fsp3) is 1.00. The molecule has 1 rings (SSSR count). The summed E-state index contributed by atoms with van der Waals surface area (Å²) in [5.41, 5.74) is 0. The molecule has 3 atom stereocenters. The van der Waals surface area contributed by atoms with Crippen LogP contribution in [0.4, 0.5) is 0 Å². The predicted molar refractivity (Wildman–Crippen MR) is 63.4 cm³/mol. The minimum absolute atomic E-state index is 0.715. The SMILES string of the molecule is CCNC(C)C1CCCCC1C(C)C. The molecule has 0 spiro atoms. The molecule has 1 aliphatic rings. The van der Waals surface area contributed by atoms with E-state index in [0.29, 0.717) is 6.04 Å². The molecule has 0 aromatic carbocycles. The van der Waals surface area contributed by atoms with Gasteiger partial charge in [0.05, 0.1) is 0 Å². The first-order chi connectivity index (χ1) is 6.66. The van der Waals surface area contributed by atoms with E-state index in [0.717, 1.165) is 24.3 Å². The second kappa shape index (κ2) is 5.75. The van der Waals surface area contributed by atoms with Crippen molar-refractivity contribution in [3.8, 4) is 0 Å². The number of rotatable bonds is 4. The zero-order valence-electron chi connectivity index (χ0n) is 10.3. The molecule has 1 aliphatic carbocycles. The van der Waals surface area contributed by atoms with E-state index in [1.54, 1.807) is 0 Å². The highest BCUT2D eigenvalue weighted by molar-refractivity contribution is 4.83. The molecular formula is C13H27N. The van der Waals surface area contributed by atoms with Gasteiger partial charge in [-0.15, -0.1) is 0 Å². The number of hydrogen-bond donors (Lipinski definition) is 1. The lowest BCUT2D eigenvalue weighted by Gasteiger charge is -2.38. The smallest absolute Gasteiger partial charge is 0.00696 e. The first-order valence-electron chi connectivity index (χ1n) is 6.40. The van der Waals surface area contributed by atoms with Crippen LogP contribution < -0.4 is 5.32 Å². The second-order valence-corrected chi connectivity index (χ2v) is 5.20. The quantitative estimate of drug-likeness (QED) is 0.728. The first-order valence-corrected chi connectivity index (χ1v) is 6.40. The van der Waals surface area contributed by atoms with Gasteiger partial charge in [0.25, 0.3) is 0 Å². The number of nitrogens with one attached hydrogen (secondary N) is 1. The van der Waals surface area contributed by atoms with Gasteiger partial charge in [0.2, 0.25) is 0 Å². The van der Waals surface area contributed by atoms with Crippen molar-refractivity contribution in [1.82, 2.24) is 5.32 Å². The van der Waals surface area contributed by atoms with Gasteiger partial charge in [-0.2, -0.15) is 0 Å². The Morgan fingerprint density at radius 1 is 1.07 bits per heavy atom. The van der Waals surface area contributed by atoms with Gasteiger partial charge in [-0.25, -0.2) is 0 Å². The van der Waals surface area contributed by atoms with E-state index in [-0.39, 0.29) is 0 Å². The van der Waals surface area contributed by atoms with Crippen LogP contribution in [0.25, 0.3) is 0 Å². The van der Waals surface area contributed by atoms with Gasteiger partial charge in [0.15, 0.2) is 0 Å². The third-order valence-corrected chi connectivity index (χ3v) is 3.90. The fourth-order valence-electron chi connectivity index (χ4n) is 3.11. The second-order valence-electron chi connectivity index (χ2n) is 5.20. The van der Waals surface area contributed by atoms with Crippen LogP contribution in [0.1, 0.15) is 53.4 Å². The maximum absolute atomic E-state index is 3.60. The van der Waals surface area contributed by atoms with Crippen LogP contribution in [0, 0.1) is 17.8 Å². The topological polar surface area (TPSA) is 12.0 Å². The molecule has 1 saturated carbocycles. The van der Waals surface area contributed by atoms with Crippen LogP contribution in [0.15, 0.2) is 0 Å².